The Morgan fingerprint density at radius 2 is 1.85 bits per heavy atom. The molecule has 0 aliphatic carbocycles. The van der Waals surface area contributed by atoms with Crippen molar-refractivity contribution in [3.05, 3.63) is 82.2 Å². The molecule has 47 heavy (non-hydrogen) atoms. The number of aromatic amines is 1. The van der Waals surface area contributed by atoms with Crippen LogP contribution < -0.4 is 15.5 Å². The molecule has 1 fully saturated rings. The van der Waals surface area contributed by atoms with Crippen LogP contribution in [-0.2, 0) is 4.79 Å². The molecule has 242 valence electrons. The van der Waals surface area contributed by atoms with E-state index in [4.69, 9.17) is 0 Å². The van der Waals surface area contributed by atoms with Crippen molar-refractivity contribution in [3.63, 3.8) is 0 Å². The van der Waals surface area contributed by atoms with Crippen LogP contribution in [0.5, 0.6) is 0 Å². The van der Waals surface area contributed by atoms with E-state index in [9.17, 15) is 9.59 Å². The summed E-state index contributed by atoms with van der Waals surface area (Å²) in [6, 6.07) is 5.15. The molecule has 0 bridgehead atoms. The predicted octanol–water partition coefficient (Wildman–Crippen LogP) is 5.39. The molecular weight excluding hydrogens is 602 g/mol. The number of nitrogens with zero attached hydrogens (tertiary/aromatic N) is 7. The molecule has 1 atom stereocenters. The number of hydrogen-bond acceptors (Lipinski definition) is 7. The first-order valence-electron chi connectivity index (χ1n) is 15.8. The SMILES string of the molecule is C=CC(=O)N1CCN2c3nc(=O)n(-c4c(C)ccnc4C(C)C)c4c(F)c(-c5c(C)ccc6[nH]ncc56)c(F)c(c34)N(C)CCC2C1. The molecule has 0 saturated carbocycles. The van der Waals surface area contributed by atoms with Gasteiger partial charge in [0.2, 0.25) is 5.91 Å². The van der Waals surface area contributed by atoms with Crippen LogP contribution in [0.1, 0.15) is 43.0 Å². The molecular formula is C35H36F2N8O2. The number of hydrogen-bond donors (Lipinski definition) is 1. The summed E-state index contributed by atoms with van der Waals surface area (Å²) in [6.07, 6.45) is 5.06. The molecule has 2 aliphatic heterocycles. The largest absolute Gasteiger partial charge is 0.371 e. The summed E-state index contributed by atoms with van der Waals surface area (Å²) >= 11 is 0. The smallest absolute Gasteiger partial charge is 0.354 e. The number of carbonyl (C=O) groups is 1. The quantitative estimate of drug-likeness (QED) is 0.264. The van der Waals surface area contributed by atoms with Gasteiger partial charge in [0.05, 0.1) is 39.7 Å². The van der Waals surface area contributed by atoms with Gasteiger partial charge in [0.25, 0.3) is 0 Å². The number of anilines is 2. The number of piperazine rings is 1. The Morgan fingerprint density at radius 3 is 2.60 bits per heavy atom. The molecule has 0 radical (unpaired) electrons. The molecule has 3 aromatic heterocycles. The summed E-state index contributed by atoms with van der Waals surface area (Å²) in [6.45, 7) is 12.6. The van der Waals surface area contributed by atoms with Gasteiger partial charge in [0, 0.05) is 56.4 Å². The average Bonchev–Trinajstić information content (AvgIpc) is 3.53. The standard InChI is InChI=1S/C35H36F2N8O2/c1-7-24(46)43-14-15-44-21(17-43)11-13-42(6)32-27-33(29(37)26(28(32)36)25-19(4)8-9-23-22(25)16-39-41-23)45(35(47)40-34(27)44)31-20(5)10-12-38-30(31)18(2)3/h7-10,12,16,18,21H,1,11,13-15,17H2,2-6H3,(H,39,41). The Bertz CT molecular complexity index is 2170. The fourth-order valence-electron chi connectivity index (χ4n) is 7.28. The molecule has 5 aromatic rings. The van der Waals surface area contributed by atoms with Gasteiger partial charge in [0.1, 0.15) is 11.3 Å². The highest BCUT2D eigenvalue weighted by Gasteiger charge is 2.38. The van der Waals surface area contributed by atoms with Crippen molar-refractivity contribution in [1.82, 2.24) is 29.6 Å². The molecule has 2 aliphatic rings. The number of fused-ring (bicyclic) bond motifs is 3. The molecule has 2 aromatic carbocycles. The molecule has 7 rings (SSSR count). The first kappa shape index (κ1) is 30.5. The van der Waals surface area contributed by atoms with E-state index in [-0.39, 0.29) is 45.8 Å². The van der Waals surface area contributed by atoms with E-state index < -0.39 is 17.3 Å². The van der Waals surface area contributed by atoms with Gasteiger partial charge in [-0.15, -0.1) is 0 Å². The maximum absolute atomic E-state index is 17.8. The summed E-state index contributed by atoms with van der Waals surface area (Å²) in [5.74, 6) is -1.71. The van der Waals surface area contributed by atoms with E-state index in [1.807, 2.05) is 31.7 Å². The van der Waals surface area contributed by atoms with Crippen LogP contribution >= 0.6 is 0 Å². The van der Waals surface area contributed by atoms with Crippen LogP contribution in [0.25, 0.3) is 38.6 Å². The first-order chi connectivity index (χ1) is 22.5. The van der Waals surface area contributed by atoms with Crippen molar-refractivity contribution in [1.29, 1.82) is 0 Å². The third-order valence-corrected chi connectivity index (χ3v) is 9.60. The van der Waals surface area contributed by atoms with Crippen molar-refractivity contribution in [2.45, 2.75) is 46.1 Å². The second-order valence-corrected chi connectivity index (χ2v) is 12.8. The van der Waals surface area contributed by atoms with E-state index in [1.165, 1.54) is 10.6 Å². The summed E-state index contributed by atoms with van der Waals surface area (Å²) in [5, 5.41) is 7.83. The van der Waals surface area contributed by atoms with Gasteiger partial charge in [0.15, 0.2) is 11.6 Å². The highest BCUT2D eigenvalue weighted by molar-refractivity contribution is 6.07. The van der Waals surface area contributed by atoms with Gasteiger partial charge in [-0.05, 0) is 55.5 Å². The second kappa shape index (κ2) is 11.3. The molecule has 5 heterocycles. The topological polar surface area (TPSA) is 103 Å². The van der Waals surface area contributed by atoms with Crippen LogP contribution in [0.15, 0.2) is 48.0 Å². The molecule has 12 heteroatoms. The molecule has 0 spiro atoms. The van der Waals surface area contributed by atoms with Gasteiger partial charge >= 0.3 is 5.69 Å². The summed E-state index contributed by atoms with van der Waals surface area (Å²) in [7, 11) is 1.77. The zero-order valence-electron chi connectivity index (χ0n) is 27.1. The van der Waals surface area contributed by atoms with Crippen molar-refractivity contribution in [3.8, 4) is 16.8 Å². The fraction of sp³-hybridized carbons (Fsp3) is 0.343. The van der Waals surface area contributed by atoms with Crippen LogP contribution in [0.4, 0.5) is 20.3 Å². The maximum Gasteiger partial charge on any atom is 0.354 e. The Hall–Kier alpha value is -5.13. The number of H-pyrrole nitrogens is 1. The van der Waals surface area contributed by atoms with Crippen LogP contribution in [0.3, 0.4) is 0 Å². The Labute approximate surface area is 270 Å². The minimum Gasteiger partial charge on any atom is -0.371 e. The third kappa shape index (κ3) is 4.60. The molecule has 1 saturated heterocycles. The lowest BCUT2D eigenvalue weighted by atomic mass is 9.92. The molecule has 1 N–H and O–H groups in total. The van der Waals surface area contributed by atoms with Crippen molar-refractivity contribution in [2.24, 2.45) is 0 Å². The Morgan fingerprint density at radius 1 is 1.06 bits per heavy atom. The third-order valence-electron chi connectivity index (χ3n) is 9.60. The Balaban J connectivity index is 1.66. The van der Waals surface area contributed by atoms with Crippen LogP contribution in [0.2, 0.25) is 0 Å². The fourth-order valence-corrected chi connectivity index (χ4v) is 7.28. The molecule has 1 unspecified atom stereocenters. The van der Waals surface area contributed by atoms with Crippen molar-refractivity contribution in [2.75, 3.05) is 43.0 Å². The lowest BCUT2D eigenvalue weighted by molar-refractivity contribution is -0.126. The van der Waals surface area contributed by atoms with E-state index in [1.54, 1.807) is 48.3 Å². The maximum atomic E-state index is 17.8. The summed E-state index contributed by atoms with van der Waals surface area (Å²) in [4.78, 5) is 41.6. The Kier molecular flexibility index (Phi) is 7.33. The first-order valence-corrected chi connectivity index (χ1v) is 15.8. The summed E-state index contributed by atoms with van der Waals surface area (Å²) < 4.78 is 36.4. The van der Waals surface area contributed by atoms with Crippen molar-refractivity contribution < 1.29 is 13.6 Å². The van der Waals surface area contributed by atoms with Gasteiger partial charge in [-0.25, -0.2) is 13.6 Å². The number of pyridine rings is 1. The molecule has 1 amide bonds. The van der Waals surface area contributed by atoms with Crippen LogP contribution in [0, 0.1) is 25.5 Å². The minimum atomic E-state index is -0.872. The number of nitrogens with one attached hydrogen (secondary N) is 1. The van der Waals surface area contributed by atoms with Crippen LogP contribution in [-0.4, -0.2) is 74.8 Å². The molecule has 10 nitrogen and oxygen atoms in total. The minimum absolute atomic E-state index is 0.0682. The predicted molar refractivity (Wildman–Crippen MR) is 179 cm³/mol. The lowest BCUT2D eigenvalue weighted by Crippen LogP contribution is -2.56. The van der Waals surface area contributed by atoms with Gasteiger partial charge < -0.3 is 14.7 Å². The number of rotatable bonds is 4. The highest BCUT2D eigenvalue weighted by atomic mass is 19.1. The zero-order valence-corrected chi connectivity index (χ0v) is 27.1. The highest BCUT2D eigenvalue weighted by Crippen LogP contribution is 2.47. The summed E-state index contributed by atoms with van der Waals surface area (Å²) in [5.41, 5.74) is 2.53. The zero-order chi connectivity index (χ0) is 33.3. The van der Waals surface area contributed by atoms with Gasteiger partial charge in [-0.1, -0.05) is 26.5 Å². The number of halogens is 2. The van der Waals surface area contributed by atoms with E-state index >= 15 is 8.78 Å². The van der Waals surface area contributed by atoms with Gasteiger partial charge in [-0.3, -0.25) is 19.4 Å². The lowest BCUT2D eigenvalue weighted by Gasteiger charge is -2.44. The number of amides is 1. The van der Waals surface area contributed by atoms with E-state index in [0.29, 0.717) is 71.6 Å². The van der Waals surface area contributed by atoms with E-state index in [0.717, 1.165) is 0 Å². The van der Waals surface area contributed by atoms with E-state index in [2.05, 4.69) is 26.7 Å². The normalized spacial score (nSPS) is 16.5. The number of carbonyl (C=O) groups excluding carboxylic acids is 1. The number of benzene rings is 2. The second-order valence-electron chi connectivity index (χ2n) is 12.8. The number of aryl methyl sites for hydroxylation is 2. The van der Waals surface area contributed by atoms with Crippen molar-refractivity contribution >= 4 is 39.2 Å². The average molecular weight is 639 g/mol. The van der Waals surface area contributed by atoms with Gasteiger partial charge in [-0.2, -0.15) is 10.1 Å². The monoisotopic (exact) mass is 638 g/mol. The number of aromatic nitrogens is 5.